The molecule has 0 aliphatic heterocycles. The number of nitrogens with one attached hydrogen (secondary N) is 3. The summed E-state index contributed by atoms with van der Waals surface area (Å²) in [7, 11) is 4.01. The van der Waals surface area contributed by atoms with Crippen molar-refractivity contribution in [1.82, 2.24) is 35.0 Å². The van der Waals surface area contributed by atoms with E-state index in [-0.39, 0.29) is 5.82 Å². The molecule has 6 aromatic rings. The van der Waals surface area contributed by atoms with Gasteiger partial charge in [0.2, 0.25) is 0 Å². The smallest absolute Gasteiger partial charge is 0.155 e. The quantitative estimate of drug-likeness (QED) is 0.278. The summed E-state index contributed by atoms with van der Waals surface area (Å²) in [6.45, 7) is 1.56. The van der Waals surface area contributed by atoms with Gasteiger partial charge >= 0.3 is 0 Å². The van der Waals surface area contributed by atoms with Gasteiger partial charge in [0.25, 0.3) is 0 Å². The van der Waals surface area contributed by atoms with Crippen molar-refractivity contribution in [2.45, 2.75) is 0 Å². The molecule has 5 heterocycles. The number of nitrogens with zero attached hydrogens (tertiary/aromatic N) is 5. The molecule has 0 bridgehead atoms. The minimum Gasteiger partial charge on any atom is -0.384 e. The van der Waals surface area contributed by atoms with Crippen LogP contribution in [0.3, 0.4) is 0 Å². The number of benzene rings is 1. The third kappa shape index (κ3) is 4.52. The van der Waals surface area contributed by atoms with Gasteiger partial charge in [0.15, 0.2) is 5.65 Å². The second-order valence-electron chi connectivity index (χ2n) is 9.19. The predicted octanol–water partition coefficient (Wildman–Crippen LogP) is 5.34. The van der Waals surface area contributed by atoms with Crippen molar-refractivity contribution in [2.24, 2.45) is 0 Å². The minimum absolute atomic E-state index is 0.313. The van der Waals surface area contributed by atoms with Gasteiger partial charge in [-0.1, -0.05) is 0 Å². The summed E-state index contributed by atoms with van der Waals surface area (Å²) in [6, 6.07) is 14.8. The van der Waals surface area contributed by atoms with Crippen LogP contribution in [0.1, 0.15) is 0 Å². The molecule has 6 rings (SSSR count). The number of H-pyrrole nitrogens is 2. The van der Waals surface area contributed by atoms with Crippen molar-refractivity contribution in [1.29, 1.82) is 0 Å². The highest BCUT2D eigenvalue weighted by atomic mass is 19.1. The Morgan fingerprint density at radius 2 is 1.73 bits per heavy atom. The molecule has 8 nitrogen and oxygen atoms in total. The van der Waals surface area contributed by atoms with Gasteiger partial charge in [0.05, 0.1) is 11.4 Å². The maximum Gasteiger partial charge on any atom is 0.155 e. The van der Waals surface area contributed by atoms with E-state index in [4.69, 9.17) is 0 Å². The molecule has 0 aliphatic carbocycles. The van der Waals surface area contributed by atoms with Crippen molar-refractivity contribution >= 4 is 27.6 Å². The Hall–Kier alpha value is -4.63. The first kappa shape index (κ1) is 22.8. The summed E-state index contributed by atoms with van der Waals surface area (Å²) < 4.78 is 14.6. The van der Waals surface area contributed by atoms with E-state index in [0.29, 0.717) is 23.4 Å². The minimum atomic E-state index is -0.313. The van der Waals surface area contributed by atoms with Crippen LogP contribution in [0.4, 0.5) is 10.1 Å². The number of hydrogen-bond acceptors (Lipinski definition) is 6. The van der Waals surface area contributed by atoms with E-state index in [2.05, 4.69) is 46.4 Å². The molecule has 0 unspecified atom stereocenters. The van der Waals surface area contributed by atoms with E-state index in [1.54, 1.807) is 18.6 Å². The molecule has 0 atom stereocenters. The van der Waals surface area contributed by atoms with Crippen LogP contribution in [0, 0.1) is 5.82 Å². The van der Waals surface area contributed by atoms with Crippen LogP contribution in [0.2, 0.25) is 0 Å². The van der Waals surface area contributed by atoms with Crippen molar-refractivity contribution in [3.63, 3.8) is 0 Å². The number of pyridine rings is 3. The zero-order chi connectivity index (χ0) is 25.4. The fourth-order valence-electron chi connectivity index (χ4n) is 4.47. The van der Waals surface area contributed by atoms with Crippen LogP contribution in [0.25, 0.3) is 55.7 Å². The van der Waals surface area contributed by atoms with Gasteiger partial charge < -0.3 is 15.2 Å². The summed E-state index contributed by atoms with van der Waals surface area (Å²) in [5.74, 6) is -0.313. The highest BCUT2D eigenvalue weighted by molar-refractivity contribution is 6.00. The molecule has 184 valence electrons. The number of hydrogen-bond donors (Lipinski definition) is 3. The number of halogens is 1. The fourth-order valence-corrected chi connectivity index (χ4v) is 4.47. The third-order valence-corrected chi connectivity index (χ3v) is 6.29. The number of likely N-dealkylation sites (N-methyl/N-ethyl adjacent to an activating group) is 1. The van der Waals surface area contributed by atoms with Gasteiger partial charge in [-0.05, 0) is 68.2 Å². The maximum absolute atomic E-state index is 14.6. The number of rotatable bonds is 7. The molecule has 9 heteroatoms. The molecule has 0 amide bonds. The van der Waals surface area contributed by atoms with Crippen molar-refractivity contribution in [3.05, 3.63) is 79.1 Å². The highest BCUT2D eigenvalue weighted by Crippen LogP contribution is 2.34. The molecule has 0 spiro atoms. The lowest BCUT2D eigenvalue weighted by Crippen LogP contribution is -2.20. The molecule has 1 aromatic carbocycles. The maximum atomic E-state index is 14.6. The molecule has 0 radical (unpaired) electrons. The lowest BCUT2D eigenvalue weighted by molar-refractivity contribution is 0.425. The van der Waals surface area contributed by atoms with Gasteiger partial charge in [0.1, 0.15) is 11.5 Å². The van der Waals surface area contributed by atoms with Gasteiger partial charge in [-0.2, -0.15) is 5.10 Å². The van der Waals surface area contributed by atoms with Crippen molar-refractivity contribution < 1.29 is 4.39 Å². The van der Waals surface area contributed by atoms with Crippen LogP contribution >= 0.6 is 0 Å². The van der Waals surface area contributed by atoms with Gasteiger partial charge in [-0.25, -0.2) is 9.37 Å². The molecule has 37 heavy (non-hydrogen) atoms. The largest absolute Gasteiger partial charge is 0.384 e. The zero-order valence-corrected chi connectivity index (χ0v) is 20.5. The van der Waals surface area contributed by atoms with E-state index in [1.807, 2.05) is 50.6 Å². The van der Waals surface area contributed by atoms with Gasteiger partial charge in [0, 0.05) is 71.0 Å². The molecular formula is C28H25FN8. The molecule has 5 aromatic heterocycles. The first-order valence-electron chi connectivity index (χ1n) is 12.0. The van der Waals surface area contributed by atoms with Crippen LogP contribution in [-0.2, 0) is 0 Å². The van der Waals surface area contributed by atoms with E-state index in [1.165, 1.54) is 12.1 Å². The first-order valence-corrected chi connectivity index (χ1v) is 12.0. The van der Waals surface area contributed by atoms with E-state index in [9.17, 15) is 4.39 Å². The van der Waals surface area contributed by atoms with Crippen LogP contribution in [-0.4, -0.2) is 62.2 Å². The Kier molecular flexibility index (Phi) is 5.82. The first-order chi connectivity index (χ1) is 18.0. The predicted molar refractivity (Wildman–Crippen MR) is 145 cm³/mol. The Labute approximate surface area is 212 Å². The normalized spacial score (nSPS) is 11.6. The second-order valence-corrected chi connectivity index (χ2v) is 9.19. The SMILES string of the molecule is CN(C)CCNc1cc(F)cc(-c2nccc3[nH]c(-c4n[nH]c5ncc(-c6ccncc6)cc45)cc23)c1. The summed E-state index contributed by atoms with van der Waals surface area (Å²) in [5.41, 5.74) is 7.30. The number of aromatic amines is 2. The van der Waals surface area contributed by atoms with E-state index < -0.39 is 0 Å². The summed E-state index contributed by atoms with van der Waals surface area (Å²) >= 11 is 0. The molecule has 0 saturated heterocycles. The zero-order valence-electron chi connectivity index (χ0n) is 20.5. The Bertz CT molecular complexity index is 1700. The second kappa shape index (κ2) is 9.44. The summed E-state index contributed by atoms with van der Waals surface area (Å²) in [6.07, 6.45) is 7.07. The van der Waals surface area contributed by atoms with Gasteiger partial charge in [-0.15, -0.1) is 0 Å². The topological polar surface area (TPSA) is 98.4 Å². The monoisotopic (exact) mass is 492 g/mol. The van der Waals surface area contributed by atoms with Crippen LogP contribution < -0.4 is 5.32 Å². The Morgan fingerprint density at radius 3 is 2.57 bits per heavy atom. The molecule has 0 saturated carbocycles. The van der Waals surface area contributed by atoms with Crippen molar-refractivity contribution in [3.8, 4) is 33.8 Å². The fraction of sp³-hybridized carbons (Fsp3) is 0.143. The molecule has 0 fully saturated rings. The Morgan fingerprint density at radius 1 is 0.865 bits per heavy atom. The van der Waals surface area contributed by atoms with Crippen LogP contribution in [0.15, 0.2) is 73.3 Å². The molecular weight excluding hydrogens is 467 g/mol. The lowest BCUT2D eigenvalue weighted by atomic mass is 10.1. The highest BCUT2D eigenvalue weighted by Gasteiger charge is 2.16. The molecule has 0 aliphatic rings. The number of aromatic nitrogens is 6. The van der Waals surface area contributed by atoms with E-state index in [0.717, 1.165) is 51.0 Å². The summed E-state index contributed by atoms with van der Waals surface area (Å²) in [4.78, 5) is 18.8. The van der Waals surface area contributed by atoms with Crippen molar-refractivity contribution in [2.75, 3.05) is 32.5 Å². The average Bonchev–Trinajstić information content (AvgIpc) is 3.52. The standard InChI is InChI=1S/C28H25FN8/c1-37(2)10-9-31-21-12-18(11-20(29)14-21)26-22-15-25(34-24(22)5-8-32-26)27-23-13-19(16-33-28(23)36-35-27)17-3-6-30-7-4-17/h3-8,11-16,31,34H,9-10H2,1-2H3,(H,33,35,36). The number of anilines is 1. The van der Waals surface area contributed by atoms with Crippen LogP contribution in [0.5, 0.6) is 0 Å². The van der Waals surface area contributed by atoms with Gasteiger partial charge in [-0.3, -0.25) is 15.1 Å². The lowest BCUT2D eigenvalue weighted by Gasteiger charge is -2.12. The Balaban J connectivity index is 1.41. The number of fused-ring (bicyclic) bond motifs is 2. The molecule has 3 N–H and O–H groups in total. The third-order valence-electron chi connectivity index (χ3n) is 6.29. The average molecular weight is 493 g/mol. The van der Waals surface area contributed by atoms with E-state index >= 15 is 0 Å². The summed E-state index contributed by atoms with van der Waals surface area (Å²) in [5, 5.41) is 12.7.